The molecular formula is C13H20N2O4. The van der Waals surface area contributed by atoms with Gasteiger partial charge in [-0.15, -0.1) is 0 Å². The number of esters is 1. The van der Waals surface area contributed by atoms with Gasteiger partial charge in [0.2, 0.25) is 5.88 Å². The van der Waals surface area contributed by atoms with Gasteiger partial charge >= 0.3 is 5.97 Å². The monoisotopic (exact) mass is 268 g/mol. The van der Waals surface area contributed by atoms with E-state index >= 15 is 0 Å². The Morgan fingerprint density at radius 3 is 2.79 bits per heavy atom. The number of aromatic nitrogens is 1. The molecule has 0 aliphatic carbocycles. The van der Waals surface area contributed by atoms with Crippen LogP contribution in [0.2, 0.25) is 0 Å². The van der Waals surface area contributed by atoms with E-state index in [0.717, 1.165) is 0 Å². The van der Waals surface area contributed by atoms with Crippen molar-refractivity contribution in [3.63, 3.8) is 0 Å². The van der Waals surface area contributed by atoms with Crippen molar-refractivity contribution >= 4 is 11.7 Å². The lowest BCUT2D eigenvalue weighted by Crippen LogP contribution is -2.12. The Kier molecular flexibility index (Phi) is 6.08. The Morgan fingerprint density at radius 1 is 1.42 bits per heavy atom. The van der Waals surface area contributed by atoms with Crippen LogP contribution in [0.25, 0.3) is 0 Å². The largest absolute Gasteiger partial charge is 0.475 e. The van der Waals surface area contributed by atoms with E-state index in [0.29, 0.717) is 31.6 Å². The average molecular weight is 268 g/mol. The molecule has 0 fully saturated rings. The van der Waals surface area contributed by atoms with Crippen molar-refractivity contribution in [2.45, 2.75) is 13.8 Å². The molecule has 6 nitrogen and oxygen atoms in total. The van der Waals surface area contributed by atoms with Crippen molar-refractivity contribution in [1.82, 2.24) is 4.98 Å². The van der Waals surface area contributed by atoms with Crippen LogP contribution in [0.15, 0.2) is 12.3 Å². The molecule has 1 aromatic rings. The second-order valence-electron chi connectivity index (χ2n) is 4.42. The summed E-state index contributed by atoms with van der Waals surface area (Å²) in [5.74, 6) is 0.295. The van der Waals surface area contributed by atoms with Gasteiger partial charge in [-0.1, -0.05) is 13.8 Å². The van der Waals surface area contributed by atoms with E-state index in [1.165, 1.54) is 19.4 Å². The number of hydrogen-bond acceptors (Lipinski definition) is 6. The first kappa shape index (κ1) is 15.2. The highest BCUT2D eigenvalue weighted by Crippen LogP contribution is 2.17. The van der Waals surface area contributed by atoms with Gasteiger partial charge < -0.3 is 19.9 Å². The Balaban J connectivity index is 2.48. The molecule has 0 aliphatic rings. The third-order valence-corrected chi connectivity index (χ3v) is 2.24. The molecule has 0 aliphatic heterocycles. The van der Waals surface area contributed by atoms with Crippen molar-refractivity contribution in [2.75, 3.05) is 32.7 Å². The third kappa shape index (κ3) is 5.13. The number of pyridine rings is 1. The number of nitrogens with zero attached hydrogens (tertiary/aromatic N) is 1. The molecule has 0 atom stereocenters. The number of hydrogen-bond donors (Lipinski definition) is 1. The summed E-state index contributed by atoms with van der Waals surface area (Å²) in [5, 5.41) is 0. The number of methoxy groups -OCH3 is 1. The molecule has 0 radical (unpaired) electrons. The molecule has 1 heterocycles. The summed E-state index contributed by atoms with van der Waals surface area (Å²) in [6.07, 6.45) is 1.37. The van der Waals surface area contributed by atoms with E-state index in [1.807, 2.05) is 0 Å². The van der Waals surface area contributed by atoms with Crippen LogP contribution in [0.5, 0.6) is 5.88 Å². The van der Waals surface area contributed by atoms with Gasteiger partial charge in [-0.25, -0.2) is 9.78 Å². The summed E-state index contributed by atoms with van der Waals surface area (Å²) >= 11 is 0. The highest BCUT2D eigenvalue weighted by Gasteiger charge is 2.12. The SMILES string of the molecule is COC(=O)c1cc(OCCOCC(C)C)ncc1N. The first-order valence-electron chi connectivity index (χ1n) is 6.09. The second kappa shape index (κ2) is 7.58. The number of anilines is 1. The molecule has 0 amide bonds. The van der Waals surface area contributed by atoms with Crippen LogP contribution in [0.1, 0.15) is 24.2 Å². The van der Waals surface area contributed by atoms with Crippen LogP contribution in [-0.2, 0) is 9.47 Å². The summed E-state index contributed by atoms with van der Waals surface area (Å²) < 4.78 is 15.4. The summed E-state index contributed by atoms with van der Waals surface area (Å²) in [5.41, 5.74) is 6.14. The molecule has 0 saturated carbocycles. The minimum absolute atomic E-state index is 0.246. The highest BCUT2D eigenvalue weighted by molar-refractivity contribution is 5.95. The summed E-state index contributed by atoms with van der Waals surface area (Å²) in [4.78, 5) is 15.4. The molecule has 1 rings (SSSR count). The van der Waals surface area contributed by atoms with Crippen LogP contribution in [0, 0.1) is 5.92 Å². The van der Waals surface area contributed by atoms with Crippen LogP contribution in [0.3, 0.4) is 0 Å². The predicted octanol–water partition coefficient (Wildman–Crippen LogP) is 1.50. The van der Waals surface area contributed by atoms with Crippen LogP contribution in [0.4, 0.5) is 5.69 Å². The standard InChI is InChI=1S/C13H20N2O4/c1-9(2)8-18-4-5-19-12-6-10(13(16)17-3)11(14)7-15-12/h6-7,9H,4-5,8,14H2,1-3H3. The Bertz CT molecular complexity index is 421. The van der Waals surface area contributed by atoms with Crippen LogP contribution in [-0.4, -0.2) is 37.9 Å². The normalized spacial score (nSPS) is 10.5. The zero-order valence-electron chi connectivity index (χ0n) is 11.5. The number of nitrogens with two attached hydrogens (primary N) is 1. The molecule has 19 heavy (non-hydrogen) atoms. The topological polar surface area (TPSA) is 83.7 Å². The molecule has 0 unspecified atom stereocenters. The zero-order chi connectivity index (χ0) is 14.3. The molecule has 1 aromatic heterocycles. The van der Waals surface area contributed by atoms with E-state index in [9.17, 15) is 4.79 Å². The van der Waals surface area contributed by atoms with E-state index in [2.05, 4.69) is 23.6 Å². The van der Waals surface area contributed by atoms with Crippen molar-refractivity contribution in [1.29, 1.82) is 0 Å². The zero-order valence-corrected chi connectivity index (χ0v) is 11.5. The maximum atomic E-state index is 11.4. The molecule has 2 N–H and O–H groups in total. The lowest BCUT2D eigenvalue weighted by atomic mass is 10.2. The maximum absolute atomic E-state index is 11.4. The van der Waals surface area contributed by atoms with Crippen molar-refractivity contribution in [3.05, 3.63) is 17.8 Å². The fourth-order valence-electron chi connectivity index (χ4n) is 1.34. The fraction of sp³-hybridized carbons (Fsp3) is 0.538. The molecular weight excluding hydrogens is 248 g/mol. The number of ether oxygens (including phenoxy) is 3. The number of carbonyl (C=O) groups excluding carboxylic acids is 1. The third-order valence-electron chi connectivity index (χ3n) is 2.24. The number of rotatable bonds is 7. The fourth-order valence-corrected chi connectivity index (χ4v) is 1.34. The first-order chi connectivity index (χ1) is 9.04. The molecule has 0 bridgehead atoms. The van der Waals surface area contributed by atoms with Gasteiger partial charge in [0.05, 0.1) is 31.2 Å². The number of carbonyl (C=O) groups is 1. The van der Waals surface area contributed by atoms with Gasteiger partial charge in [0.25, 0.3) is 0 Å². The van der Waals surface area contributed by atoms with E-state index < -0.39 is 5.97 Å². The van der Waals surface area contributed by atoms with Gasteiger partial charge in [-0.05, 0) is 5.92 Å². The molecule has 106 valence electrons. The Hall–Kier alpha value is -1.82. The molecule has 0 aromatic carbocycles. The van der Waals surface area contributed by atoms with Crippen molar-refractivity contribution in [2.24, 2.45) is 5.92 Å². The highest BCUT2D eigenvalue weighted by atomic mass is 16.5. The minimum Gasteiger partial charge on any atom is -0.475 e. The maximum Gasteiger partial charge on any atom is 0.340 e. The molecule has 6 heteroatoms. The lowest BCUT2D eigenvalue weighted by molar-refractivity contribution is 0.0600. The van der Waals surface area contributed by atoms with Crippen LogP contribution >= 0.6 is 0 Å². The van der Waals surface area contributed by atoms with Gasteiger partial charge in [0.15, 0.2) is 0 Å². The first-order valence-corrected chi connectivity index (χ1v) is 6.09. The average Bonchev–Trinajstić information content (AvgIpc) is 2.39. The minimum atomic E-state index is -0.513. The van der Waals surface area contributed by atoms with Gasteiger partial charge in [-0.3, -0.25) is 0 Å². The van der Waals surface area contributed by atoms with E-state index in [1.54, 1.807) is 0 Å². The van der Waals surface area contributed by atoms with Crippen molar-refractivity contribution < 1.29 is 19.0 Å². The van der Waals surface area contributed by atoms with Gasteiger partial charge in [-0.2, -0.15) is 0 Å². The van der Waals surface area contributed by atoms with E-state index in [-0.39, 0.29) is 11.3 Å². The lowest BCUT2D eigenvalue weighted by Gasteiger charge is -2.09. The van der Waals surface area contributed by atoms with Crippen LogP contribution < -0.4 is 10.5 Å². The van der Waals surface area contributed by atoms with Gasteiger partial charge in [0, 0.05) is 12.7 Å². The smallest absolute Gasteiger partial charge is 0.340 e. The van der Waals surface area contributed by atoms with Gasteiger partial charge in [0.1, 0.15) is 6.61 Å². The van der Waals surface area contributed by atoms with E-state index in [4.69, 9.17) is 15.2 Å². The predicted molar refractivity (Wildman–Crippen MR) is 71.1 cm³/mol. The summed E-state index contributed by atoms with van der Waals surface area (Å²) in [6, 6.07) is 1.46. The Labute approximate surface area is 112 Å². The summed E-state index contributed by atoms with van der Waals surface area (Å²) in [7, 11) is 1.29. The number of nitrogen functional groups attached to an aromatic ring is 1. The molecule has 0 spiro atoms. The summed E-state index contributed by atoms with van der Waals surface area (Å²) in [6.45, 7) is 5.67. The quantitative estimate of drug-likeness (QED) is 0.596. The van der Waals surface area contributed by atoms with Crippen molar-refractivity contribution in [3.8, 4) is 5.88 Å². The second-order valence-corrected chi connectivity index (χ2v) is 4.42. The Morgan fingerprint density at radius 2 is 2.16 bits per heavy atom. The molecule has 0 saturated heterocycles.